The van der Waals surface area contributed by atoms with Gasteiger partial charge < -0.3 is 15.0 Å². The Bertz CT molecular complexity index is 798. The number of benzene rings is 1. The van der Waals surface area contributed by atoms with Crippen molar-refractivity contribution in [1.82, 2.24) is 15.1 Å². The summed E-state index contributed by atoms with van der Waals surface area (Å²) in [5.74, 6) is -2.59. The molecule has 0 bridgehead atoms. The van der Waals surface area contributed by atoms with E-state index in [-0.39, 0.29) is 17.1 Å². The summed E-state index contributed by atoms with van der Waals surface area (Å²) in [6, 6.07) is 3.48. The second kappa shape index (κ2) is 8.55. The minimum Gasteiger partial charge on any atom is -0.454 e. The first kappa shape index (κ1) is 21.6. The molecule has 1 fully saturated rings. The number of ether oxygens (including phenoxy) is 1. The highest BCUT2D eigenvalue weighted by Crippen LogP contribution is 2.21. The molecule has 1 aromatic carbocycles. The van der Waals surface area contributed by atoms with Crippen LogP contribution in [0.25, 0.3) is 0 Å². The van der Waals surface area contributed by atoms with Gasteiger partial charge in [-0.25, -0.2) is 9.18 Å². The Hall–Kier alpha value is -2.68. The van der Waals surface area contributed by atoms with E-state index in [9.17, 15) is 23.6 Å². The van der Waals surface area contributed by atoms with Gasteiger partial charge in [-0.3, -0.25) is 19.3 Å². The lowest BCUT2D eigenvalue weighted by molar-refractivity contribution is -0.153. The Kier molecular flexibility index (Phi) is 6.60. The van der Waals surface area contributed by atoms with E-state index in [2.05, 4.69) is 5.32 Å². The Balaban J connectivity index is 1.88. The quantitative estimate of drug-likeness (QED) is 0.542. The number of nitrogens with one attached hydrogen (secondary N) is 1. The van der Waals surface area contributed by atoms with E-state index < -0.39 is 48.3 Å². The fraction of sp³-hybridized carbons (Fsp3) is 0.444. The van der Waals surface area contributed by atoms with Crippen molar-refractivity contribution in [2.75, 3.05) is 20.2 Å². The average molecular weight is 414 g/mol. The molecular weight excluding hydrogens is 393 g/mol. The molecule has 1 heterocycles. The second-order valence-electron chi connectivity index (χ2n) is 6.62. The van der Waals surface area contributed by atoms with Crippen molar-refractivity contribution >= 4 is 35.4 Å². The second-order valence-corrected chi connectivity index (χ2v) is 7.03. The van der Waals surface area contributed by atoms with Crippen molar-refractivity contribution in [3.63, 3.8) is 0 Å². The maximum absolute atomic E-state index is 13.8. The molecule has 0 aromatic heterocycles. The Labute approximate surface area is 166 Å². The van der Waals surface area contributed by atoms with Gasteiger partial charge in [0.05, 0.1) is 0 Å². The van der Waals surface area contributed by atoms with Crippen molar-refractivity contribution in [3.05, 3.63) is 34.6 Å². The summed E-state index contributed by atoms with van der Waals surface area (Å²) in [6.45, 7) is 1.97. The molecule has 1 N–H and O–H groups in total. The first-order valence-corrected chi connectivity index (χ1v) is 8.93. The van der Waals surface area contributed by atoms with E-state index in [4.69, 9.17) is 16.3 Å². The number of likely N-dealkylation sites (N-methyl/N-ethyl adjacent to an activating group) is 1. The highest BCUT2D eigenvalue weighted by atomic mass is 35.5. The number of halogens is 2. The highest BCUT2D eigenvalue weighted by Gasteiger charge is 2.47. The van der Waals surface area contributed by atoms with Gasteiger partial charge in [-0.05, 0) is 25.5 Å². The molecule has 152 valence electrons. The van der Waals surface area contributed by atoms with Crippen LogP contribution in [-0.2, 0) is 25.7 Å². The summed E-state index contributed by atoms with van der Waals surface area (Å²) in [5.41, 5.74) is -0.920. The van der Waals surface area contributed by atoms with Crippen LogP contribution in [0.5, 0.6) is 0 Å². The van der Waals surface area contributed by atoms with Crippen LogP contribution in [0.1, 0.15) is 25.8 Å². The smallest absolute Gasteiger partial charge is 0.326 e. The van der Waals surface area contributed by atoms with Gasteiger partial charge in [0.15, 0.2) is 6.61 Å². The standard InChI is InChI=1S/C18H21ClFN3O5/c1-4-18(2)16(26)23(17(27)21-18)9-15(25)28-10-14(24)22(3)8-11-12(19)6-5-7-13(11)20/h5-7H,4,8-10H2,1-3H3,(H,21,27). The molecule has 1 saturated heterocycles. The molecule has 1 aliphatic heterocycles. The fourth-order valence-corrected chi connectivity index (χ4v) is 2.79. The van der Waals surface area contributed by atoms with Crippen molar-refractivity contribution in [1.29, 1.82) is 0 Å². The number of amides is 4. The predicted molar refractivity (Wildman–Crippen MR) is 97.8 cm³/mol. The number of urea groups is 1. The van der Waals surface area contributed by atoms with Crippen LogP contribution in [0, 0.1) is 5.82 Å². The van der Waals surface area contributed by atoms with Gasteiger partial charge in [-0.15, -0.1) is 0 Å². The molecule has 0 radical (unpaired) electrons. The van der Waals surface area contributed by atoms with Gasteiger partial charge >= 0.3 is 12.0 Å². The van der Waals surface area contributed by atoms with E-state index in [0.717, 1.165) is 9.80 Å². The van der Waals surface area contributed by atoms with Gasteiger partial charge in [-0.2, -0.15) is 0 Å². The molecule has 10 heteroatoms. The Morgan fingerprint density at radius 3 is 2.61 bits per heavy atom. The zero-order chi connectivity index (χ0) is 21.1. The van der Waals surface area contributed by atoms with Crippen LogP contribution >= 0.6 is 11.6 Å². The minimum atomic E-state index is -1.06. The zero-order valence-electron chi connectivity index (χ0n) is 15.8. The lowest BCUT2D eigenvalue weighted by atomic mass is 9.99. The van der Waals surface area contributed by atoms with E-state index in [1.807, 2.05) is 0 Å². The molecule has 28 heavy (non-hydrogen) atoms. The number of carbonyl (C=O) groups excluding carboxylic acids is 4. The van der Waals surface area contributed by atoms with Crippen molar-refractivity contribution in [2.45, 2.75) is 32.4 Å². The third-order valence-electron chi connectivity index (χ3n) is 4.58. The van der Waals surface area contributed by atoms with Crippen LogP contribution in [0.2, 0.25) is 5.02 Å². The molecule has 0 spiro atoms. The summed E-state index contributed by atoms with van der Waals surface area (Å²) in [5, 5.41) is 2.69. The number of imide groups is 1. The lowest BCUT2D eigenvalue weighted by Gasteiger charge is -2.20. The number of hydrogen-bond donors (Lipinski definition) is 1. The van der Waals surface area contributed by atoms with Crippen LogP contribution in [0.15, 0.2) is 18.2 Å². The van der Waals surface area contributed by atoms with Crippen LogP contribution < -0.4 is 5.32 Å². The van der Waals surface area contributed by atoms with Gasteiger partial charge in [0, 0.05) is 24.2 Å². The van der Waals surface area contributed by atoms with Gasteiger partial charge in [0.1, 0.15) is 17.9 Å². The Morgan fingerprint density at radius 2 is 2.04 bits per heavy atom. The summed E-state index contributed by atoms with van der Waals surface area (Å²) in [6.07, 6.45) is 0.366. The summed E-state index contributed by atoms with van der Waals surface area (Å²) < 4.78 is 18.7. The van der Waals surface area contributed by atoms with Crippen LogP contribution in [0.4, 0.5) is 9.18 Å². The molecule has 0 saturated carbocycles. The predicted octanol–water partition coefficient (Wildman–Crippen LogP) is 1.70. The lowest BCUT2D eigenvalue weighted by Crippen LogP contribution is -2.43. The SMILES string of the molecule is CCC1(C)NC(=O)N(CC(=O)OCC(=O)N(C)Cc2c(F)cccc2Cl)C1=O. The fourth-order valence-electron chi connectivity index (χ4n) is 2.57. The highest BCUT2D eigenvalue weighted by molar-refractivity contribution is 6.31. The van der Waals surface area contributed by atoms with Crippen LogP contribution in [0.3, 0.4) is 0 Å². The van der Waals surface area contributed by atoms with Gasteiger partial charge in [0.2, 0.25) is 0 Å². The molecule has 8 nitrogen and oxygen atoms in total. The molecule has 4 amide bonds. The van der Waals surface area contributed by atoms with Crippen LogP contribution in [-0.4, -0.2) is 59.4 Å². The molecule has 2 rings (SSSR count). The van der Waals surface area contributed by atoms with Gasteiger partial charge in [-0.1, -0.05) is 24.6 Å². The molecule has 1 aromatic rings. The summed E-state index contributed by atoms with van der Waals surface area (Å²) in [4.78, 5) is 50.0. The van der Waals surface area contributed by atoms with Crippen molar-refractivity contribution in [3.8, 4) is 0 Å². The number of esters is 1. The summed E-state index contributed by atoms with van der Waals surface area (Å²) in [7, 11) is 1.41. The largest absolute Gasteiger partial charge is 0.454 e. The maximum atomic E-state index is 13.8. The molecule has 1 aliphatic rings. The van der Waals surface area contributed by atoms with E-state index in [1.165, 1.54) is 25.2 Å². The monoisotopic (exact) mass is 413 g/mol. The molecule has 0 aliphatic carbocycles. The first-order valence-electron chi connectivity index (χ1n) is 8.55. The van der Waals surface area contributed by atoms with Crippen molar-refractivity contribution in [2.24, 2.45) is 0 Å². The normalized spacial score (nSPS) is 18.8. The molecule has 1 unspecified atom stereocenters. The maximum Gasteiger partial charge on any atom is 0.326 e. The summed E-state index contributed by atoms with van der Waals surface area (Å²) >= 11 is 5.92. The number of hydrogen-bond acceptors (Lipinski definition) is 5. The first-order chi connectivity index (χ1) is 13.1. The van der Waals surface area contributed by atoms with E-state index in [1.54, 1.807) is 13.8 Å². The van der Waals surface area contributed by atoms with Crippen molar-refractivity contribution < 1.29 is 28.3 Å². The number of carbonyl (C=O) groups is 4. The molecular formula is C18H21ClFN3O5. The minimum absolute atomic E-state index is 0.107. The van der Waals surface area contributed by atoms with Gasteiger partial charge in [0.25, 0.3) is 11.8 Å². The van der Waals surface area contributed by atoms with E-state index >= 15 is 0 Å². The third kappa shape index (κ3) is 4.59. The number of rotatable bonds is 7. The molecule has 1 atom stereocenters. The topological polar surface area (TPSA) is 96.0 Å². The van der Waals surface area contributed by atoms with E-state index in [0.29, 0.717) is 6.42 Å². The zero-order valence-corrected chi connectivity index (χ0v) is 16.5. The average Bonchev–Trinajstić information content (AvgIpc) is 2.86. The number of nitrogens with zero attached hydrogens (tertiary/aromatic N) is 2. The third-order valence-corrected chi connectivity index (χ3v) is 4.93. The Morgan fingerprint density at radius 1 is 1.36 bits per heavy atom.